The molecule has 5 amide bonds. The first-order valence-electron chi connectivity index (χ1n) is 6.49. The molecule has 0 saturated heterocycles. The summed E-state index contributed by atoms with van der Waals surface area (Å²) >= 11 is 0. The maximum Gasteiger partial charge on any atom is 0.324 e. The highest BCUT2D eigenvalue weighted by Gasteiger charge is 2.06. The molecule has 0 aliphatic heterocycles. The van der Waals surface area contributed by atoms with Gasteiger partial charge < -0.3 is 21.7 Å². The summed E-state index contributed by atoms with van der Waals surface area (Å²) in [4.78, 5) is 35.6. The number of urea groups is 2. The number of nitrogens with one attached hydrogen (secondary N) is 4. The predicted molar refractivity (Wildman–Crippen MR) is 82.2 cm³/mol. The Morgan fingerprint density at radius 3 is 2.45 bits per heavy atom. The van der Waals surface area contributed by atoms with Gasteiger partial charge in [0.25, 0.3) is 0 Å². The highest BCUT2D eigenvalue weighted by atomic mass is 16.2. The van der Waals surface area contributed by atoms with E-state index in [1.807, 2.05) is 0 Å². The molecule has 1 aromatic carbocycles. The van der Waals surface area contributed by atoms with Crippen molar-refractivity contribution in [2.24, 2.45) is 5.73 Å². The summed E-state index contributed by atoms with van der Waals surface area (Å²) < 4.78 is 0. The van der Waals surface area contributed by atoms with Crippen molar-refractivity contribution in [3.8, 4) is 0 Å². The maximum absolute atomic E-state index is 11.5. The fraction of sp³-hybridized carbons (Fsp3) is 0.308. The second-order valence-electron chi connectivity index (χ2n) is 4.67. The van der Waals surface area contributed by atoms with Gasteiger partial charge in [0.2, 0.25) is 5.91 Å². The Morgan fingerprint density at radius 2 is 1.82 bits per heavy atom. The van der Waals surface area contributed by atoms with Crippen LogP contribution >= 0.6 is 0 Å². The van der Waals surface area contributed by atoms with E-state index in [1.165, 1.54) is 0 Å². The van der Waals surface area contributed by atoms with Crippen molar-refractivity contribution in [3.05, 3.63) is 29.8 Å². The van der Waals surface area contributed by atoms with Crippen molar-refractivity contribution in [1.82, 2.24) is 20.9 Å². The van der Waals surface area contributed by atoms with Gasteiger partial charge in [-0.25, -0.2) is 9.59 Å². The molecule has 0 atom stereocenters. The molecule has 9 nitrogen and oxygen atoms in total. The number of rotatable bonds is 6. The number of carbonyl (C=O) groups excluding carboxylic acids is 3. The molecular weight excluding hydrogens is 288 g/mol. The van der Waals surface area contributed by atoms with E-state index < -0.39 is 18.0 Å². The monoisotopic (exact) mass is 308 g/mol. The molecule has 1 rings (SSSR count). The van der Waals surface area contributed by atoms with Crippen LogP contribution in [-0.2, 0) is 0 Å². The molecular formula is C13H20N6O3. The van der Waals surface area contributed by atoms with Crippen LogP contribution in [0.25, 0.3) is 0 Å². The number of carbonyl (C=O) groups is 3. The fourth-order valence-corrected chi connectivity index (χ4v) is 1.43. The second-order valence-corrected chi connectivity index (χ2v) is 4.67. The van der Waals surface area contributed by atoms with Crippen molar-refractivity contribution < 1.29 is 14.4 Å². The van der Waals surface area contributed by atoms with Crippen LogP contribution in [0.4, 0.5) is 15.3 Å². The number of nitrogens with zero attached hydrogens (tertiary/aromatic N) is 1. The summed E-state index contributed by atoms with van der Waals surface area (Å²) in [5, 5.41) is 9.92. The van der Waals surface area contributed by atoms with Crippen LogP contribution in [-0.4, -0.2) is 50.3 Å². The van der Waals surface area contributed by atoms with Crippen molar-refractivity contribution in [1.29, 1.82) is 0 Å². The summed E-state index contributed by atoms with van der Waals surface area (Å²) in [6.45, 7) is 0.395. The van der Waals surface area contributed by atoms with Crippen molar-refractivity contribution in [3.63, 3.8) is 0 Å². The Bertz CT molecular complexity index is 546. The third kappa shape index (κ3) is 6.57. The van der Waals surface area contributed by atoms with Crippen LogP contribution in [0.3, 0.4) is 0 Å². The van der Waals surface area contributed by atoms with Gasteiger partial charge in [0.05, 0.1) is 13.3 Å². The number of imide groups is 1. The SMILES string of the molecule is CN(C)CNC(=O)NC(=O)NCNc1cccc(C(N)=O)c1. The van der Waals surface area contributed by atoms with Crippen LogP contribution in [0.1, 0.15) is 10.4 Å². The Balaban J connectivity index is 2.31. The zero-order valence-electron chi connectivity index (χ0n) is 12.5. The topological polar surface area (TPSA) is 129 Å². The highest BCUT2D eigenvalue weighted by Crippen LogP contribution is 2.09. The van der Waals surface area contributed by atoms with Crippen LogP contribution in [0.15, 0.2) is 24.3 Å². The largest absolute Gasteiger partial charge is 0.368 e. The van der Waals surface area contributed by atoms with Crippen LogP contribution in [0, 0.1) is 0 Å². The molecule has 0 saturated carbocycles. The standard InChI is InChI=1S/C13H20N6O3/c1-19(2)8-17-13(22)18-12(21)16-7-15-10-5-3-4-9(6-10)11(14)20/h3-6,15H,7-8H2,1-2H3,(H2,14,20)(H3,16,17,18,21,22). The molecule has 6 N–H and O–H groups in total. The van der Waals surface area contributed by atoms with E-state index in [2.05, 4.69) is 21.3 Å². The van der Waals surface area contributed by atoms with E-state index >= 15 is 0 Å². The number of hydrogen-bond acceptors (Lipinski definition) is 5. The number of hydrogen-bond donors (Lipinski definition) is 5. The minimum atomic E-state index is -0.644. The molecule has 0 radical (unpaired) electrons. The summed E-state index contributed by atoms with van der Waals surface area (Å²) in [6.07, 6.45) is 0. The normalized spacial score (nSPS) is 9.95. The number of anilines is 1. The third-order valence-electron chi connectivity index (χ3n) is 2.47. The molecule has 0 bridgehead atoms. The summed E-state index contributed by atoms with van der Waals surface area (Å²) in [5.74, 6) is -0.535. The van der Waals surface area contributed by atoms with E-state index in [4.69, 9.17) is 5.73 Å². The molecule has 0 aliphatic carbocycles. The van der Waals surface area contributed by atoms with Crippen LogP contribution < -0.4 is 27.0 Å². The van der Waals surface area contributed by atoms with Crippen molar-refractivity contribution in [2.45, 2.75) is 0 Å². The Kier molecular flexibility index (Phi) is 6.64. The van der Waals surface area contributed by atoms with Gasteiger partial charge in [-0.05, 0) is 32.3 Å². The number of benzene rings is 1. The molecule has 120 valence electrons. The van der Waals surface area contributed by atoms with Gasteiger partial charge in [0.1, 0.15) is 0 Å². The molecule has 0 heterocycles. The Labute approximate surface area is 128 Å². The first kappa shape index (κ1) is 17.2. The first-order valence-corrected chi connectivity index (χ1v) is 6.49. The summed E-state index contributed by atoms with van der Waals surface area (Å²) in [6, 6.07) is 5.29. The zero-order valence-corrected chi connectivity index (χ0v) is 12.5. The average molecular weight is 308 g/mol. The van der Waals surface area contributed by atoms with Gasteiger partial charge in [0, 0.05) is 11.3 Å². The lowest BCUT2D eigenvalue weighted by Crippen LogP contribution is -2.47. The molecule has 0 unspecified atom stereocenters. The first-order chi connectivity index (χ1) is 10.4. The Morgan fingerprint density at radius 1 is 1.14 bits per heavy atom. The van der Waals surface area contributed by atoms with Crippen molar-refractivity contribution >= 4 is 23.7 Å². The molecule has 0 spiro atoms. The van der Waals surface area contributed by atoms with E-state index in [1.54, 1.807) is 43.3 Å². The van der Waals surface area contributed by atoms with Crippen LogP contribution in [0.5, 0.6) is 0 Å². The molecule has 0 fully saturated rings. The number of amides is 5. The van der Waals surface area contributed by atoms with Gasteiger partial charge in [-0.15, -0.1) is 0 Å². The van der Waals surface area contributed by atoms with Gasteiger partial charge in [-0.1, -0.05) is 6.07 Å². The minimum absolute atomic E-state index is 0.0784. The predicted octanol–water partition coefficient (Wildman–Crippen LogP) is -0.317. The molecule has 0 aliphatic rings. The van der Waals surface area contributed by atoms with Gasteiger partial charge in [-0.3, -0.25) is 15.0 Å². The fourth-order valence-electron chi connectivity index (χ4n) is 1.43. The lowest BCUT2D eigenvalue weighted by Gasteiger charge is -2.12. The van der Waals surface area contributed by atoms with Crippen molar-refractivity contribution in [2.75, 3.05) is 32.7 Å². The summed E-state index contributed by atoms with van der Waals surface area (Å²) in [5.41, 5.74) is 6.15. The molecule has 1 aromatic rings. The van der Waals surface area contributed by atoms with Gasteiger partial charge in [-0.2, -0.15) is 0 Å². The number of primary amides is 1. The minimum Gasteiger partial charge on any atom is -0.368 e. The maximum atomic E-state index is 11.5. The van der Waals surface area contributed by atoms with Gasteiger partial charge >= 0.3 is 12.1 Å². The lowest BCUT2D eigenvalue weighted by molar-refractivity contribution is 0.1000. The van der Waals surface area contributed by atoms with E-state index in [0.717, 1.165) is 0 Å². The second kappa shape index (κ2) is 8.47. The quantitative estimate of drug-likeness (QED) is 0.460. The number of nitrogens with two attached hydrogens (primary N) is 1. The lowest BCUT2D eigenvalue weighted by atomic mass is 10.2. The molecule has 9 heteroatoms. The Hall–Kier alpha value is -2.81. The third-order valence-corrected chi connectivity index (χ3v) is 2.47. The van der Waals surface area contributed by atoms with E-state index in [9.17, 15) is 14.4 Å². The molecule has 22 heavy (non-hydrogen) atoms. The smallest absolute Gasteiger partial charge is 0.324 e. The average Bonchev–Trinajstić information content (AvgIpc) is 2.45. The van der Waals surface area contributed by atoms with E-state index in [-0.39, 0.29) is 6.67 Å². The van der Waals surface area contributed by atoms with E-state index in [0.29, 0.717) is 17.9 Å². The van der Waals surface area contributed by atoms with Crippen LogP contribution in [0.2, 0.25) is 0 Å². The zero-order chi connectivity index (χ0) is 16.5. The summed E-state index contributed by atoms with van der Waals surface area (Å²) in [7, 11) is 3.56. The molecule has 0 aromatic heterocycles. The van der Waals surface area contributed by atoms with Gasteiger partial charge in [0.15, 0.2) is 0 Å². The highest BCUT2D eigenvalue weighted by molar-refractivity contribution is 5.94.